The van der Waals surface area contributed by atoms with E-state index in [0.29, 0.717) is 29.7 Å². The molecule has 0 spiro atoms. The van der Waals surface area contributed by atoms with E-state index in [9.17, 15) is 18.4 Å². The van der Waals surface area contributed by atoms with Gasteiger partial charge in [-0.1, -0.05) is 0 Å². The maximum atomic E-state index is 13.2. The van der Waals surface area contributed by atoms with Gasteiger partial charge >= 0.3 is 5.69 Å². The molecule has 0 radical (unpaired) electrons. The molecule has 1 aromatic carbocycles. The lowest BCUT2D eigenvalue weighted by molar-refractivity contribution is 0.576. The van der Waals surface area contributed by atoms with Crippen molar-refractivity contribution >= 4 is 0 Å². The lowest BCUT2D eigenvalue weighted by Crippen LogP contribution is -2.26. The molecule has 1 unspecified atom stereocenters. The van der Waals surface area contributed by atoms with Gasteiger partial charge in [0.2, 0.25) is 0 Å². The summed E-state index contributed by atoms with van der Waals surface area (Å²) in [6.07, 6.45) is 1.02. The van der Waals surface area contributed by atoms with Crippen molar-refractivity contribution in [3.8, 4) is 0 Å². The Morgan fingerprint density at radius 1 is 1.05 bits per heavy atom. The third kappa shape index (κ3) is 1.99. The fourth-order valence-corrected chi connectivity index (χ4v) is 2.62. The van der Waals surface area contributed by atoms with Crippen LogP contribution in [0, 0.1) is 11.6 Å². The van der Waals surface area contributed by atoms with Crippen LogP contribution in [0.3, 0.4) is 0 Å². The molecule has 0 saturated heterocycles. The second kappa shape index (κ2) is 4.15. The van der Waals surface area contributed by atoms with Crippen LogP contribution in [0.15, 0.2) is 27.8 Å². The number of aromatic amines is 2. The minimum atomic E-state index is -0.671. The highest BCUT2D eigenvalue weighted by Crippen LogP contribution is 2.35. The first kappa shape index (κ1) is 11.8. The van der Waals surface area contributed by atoms with Crippen LogP contribution in [0.2, 0.25) is 0 Å². The molecule has 0 fully saturated rings. The van der Waals surface area contributed by atoms with Crippen molar-refractivity contribution in [2.24, 2.45) is 0 Å². The Labute approximate surface area is 106 Å². The number of halogens is 2. The average molecular weight is 264 g/mol. The molecule has 6 heteroatoms. The van der Waals surface area contributed by atoms with Gasteiger partial charge in [0.25, 0.3) is 5.56 Å². The second-order valence-corrected chi connectivity index (χ2v) is 4.59. The van der Waals surface area contributed by atoms with Crippen molar-refractivity contribution in [1.29, 1.82) is 0 Å². The van der Waals surface area contributed by atoms with Gasteiger partial charge in [0.15, 0.2) is 0 Å². The molecule has 1 aliphatic rings. The molecule has 4 nitrogen and oxygen atoms in total. The lowest BCUT2D eigenvalue weighted by atomic mass is 9.96. The third-order valence-electron chi connectivity index (χ3n) is 3.39. The molecule has 0 saturated carbocycles. The van der Waals surface area contributed by atoms with Crippen molar-refractivity contribution in [3.63, 3.8) is 0 Å². The van der Waals surface area contributed by atoms with Gasteiger partial charge in [0, 0.05) is 23.2 Å². The highest BCUT2D eigenvalue weighted by Gasteiger charge is 2.28. The molecule has 2 aromatic rings. The third-order valence-corrected chi connectivity index (χ3v) is 3.39. The summed E-state index contributed by atoms with van der Waals surface area (Å²) in [5.74, 6) is -1.69. The van der Waals surface area contributed by atoms with Crippen LogP contribution in [-0.2, 0) is 6.42 Å². The topological polar surface area (TPSA) is 65.7 Å². The van der Waals surface area contributed by atoms with Gasteiger partial charge in [-0.2, -0.15) is 0 Å². The maximum absolute atomic E-state index is 13.2. The highest BCUT2D eigenvalue weighted by molar-refractivity contribution is 5.36. The molecule has 1 heterocycles. The van der Waals surface area contributed by atoms with Gasteiger partial charge in [-0.05, 0) is 30.5 Å². The Bertz CT molecular complexity index is 744. The zero-order valence-corrected chi connectivity index (χ0v) is 9.80. The van der Waals surface area contributed by atoms with E-state index in [4.69, 9.17) is 0 Å². The van der Waals surface area contributed by atoms with Crippen molar-refractivity contribution in [2.45, 2.75) is 18.8 Å². The molecule has 2 N–H and O–H groups in total. The number of hydrogen-bond acceptors (Lipinski definition) is 2. The summed E-state index contributed by atoms with van der Waals surface area (Å²) in [5.41, 5.74) is 0.330. The van der Waals surface area contributed by atoms with Gasteiger partial charge in [-0.3, -0.25) is 9.78 Å². The Morgan fingerprint density at radius 3 is 2.42 bits per heavy atom. The Balaban J connectivity index is 2.17. The van der Waals surface area contributed by atoms with Crippen LogP contribution in [0.5, 0.6) is 0 Å². The summed E-state index contributed by atoms with van der Waals surface area (Å²) in [6.45, 7) is 0. The Kier molecular flexibility index (Phi) is 2.58. The summed E-state index contributed by atoms with van der Waals surface area (Å²) in [4.78, 5) is 27.6. The zero-order chi connectivity index (χ0) is 13.6. The molecule has 0 bridgehead atoms. The van der Waals surface area contributed by atoms with Crippen LogP contribution in [0.25, 0.3) is 0 Å². The number of aromatic nitrogens is 2. The summed E-state index contributed by atoms with van der Waals surface area (Å²) in [7, 11) is 0. The van der Waals surface area contributed by atoms with Crippen LogP contribution in [0.4, 0.5) is 8.78 Å². The monoisotopic (exact) mass is 264 g/mol. The number of H-pyrrole nitrogens is 2. The van der Waals surface area contributed by atoms with E-state index in [1.807, 2.05) is 0 Å². The van der Waals surface area contributed by atoms with Gasteiger partial charge in [-0.25, -0.2) is 13.6 Å². The number of hydrogen-bond donors (Lipinski definition) is 2. The molecule has 19 heavy (non-hydrogen) atoms. The van der Waals surface area contributed by atoms with Crippen molar-refractivity contribution in [1.82, 2.24) is 9.97 Å². The first-order valence-electron chi connectivity index (χ1n) is 5.86. The molecular weight excluding hydrogens is 254 g/mol. The largest absolute Gasteiger partial charge is 0.325 e. The molecule has 0 amide bonds. The normalized spacial score (nSPS) is 17.5. The van der Waals surface area contributed by atoms with E-state index in [0.717, 1.165) is 6.07 Å². The van der Waals surface area contributed by atoms with Crippen LogP contribution < -0.4 is 11.2 Å². The molecular formula is C13H10F2N2O2. The van der Waals surface area contributed by atoms with Crippen molar-refractivity contribution in [3.05, 3.63) is 67.5 Å². The number of nitrogens with one attached hydrogen (secondary N) is 2. The summed E-state index contributed by atoms with van der Waals surface area (Å²) < 4.78 is 26.5. The fourth-order valence-electron chi connectivity index (χ4n) is 2.62. The van der Waals surface area contributed by atoms with Crippen LogP contribution >= 0.6 is 0 Å². The molecule has 1 aliphatic carbocycles. The van der Waals surface area contributed by atoms with Gasteiger partial charge < -0.3 is 4.98 Å². The Morgan fingerprint density at radius 2 is 1.74 bits per heavy atom. The molecule has 1 atom stereocenters. The predicted molar refractivity (Wildman–Crippen MR) is 64.2 cm³/mol. The number of benzene rings is 1. The first-order chi connectivity index (χ1) is 9.04. The molecule has 98 valence electrons. The maximum Gasteiger partial charge on any atom is 0.325 e. The van der Waals surface area contributed by atoms with E-state index in [-0.39, 0.29) is 5.92 Å². The summed E-state index contributed by atoms with van der Waals surface area (Å²) >= 11 is 0. The van der Waals surface area contributed by atoms with E-state index in [1.165, 1.54) is 12.1 Å². The van der Waals surface area contributed by atoms with E-state index in [2.05, 4.69) is 9.97 Å². The highest BCUT2D eigenvalue weighted by atomic mass is 19.1. The molecule has 3 rings (SSSR count). The molecule has 1 aromatic heterocycles. The second-order valence-electron chi connectivity index (χ2n) is 4.59. The minimum Gasteiger partial charge on any atom is -0.310 e. The predicted octanol–water partition coefficient (Wildman–Crippen LogP) is 1.42. The van der Waals surface area contributed by atoms with E-state index in [1.54, 1.807) is 0 Å². The van der Waals surface area contributed by atoms with Crippen molar-refractivity contribution in [2.75, 3.05) is 0 Å². The Hall–Kier alpha value is -2.24. The fraction of sp³-hybridized carbons (Fsp3) is 0.231. The van der Waals surface area contributed by atoms with E-state index < -0.39 is 22.9 Å². The van der Waals surface area contributed by atoms with Gasteiger partial charge in [-0.15, -0.1) is 0 Å². The quantitative estimate of drug-likeness (QED) is 0.818. The average Bonchev–Trinajstić information content (AvgIpc) is 2.71. The van der Waals surface area contributed by atoms with E-state index >= 15 is 0 Å². The summed E-state index contributed by atoms with van der Waals surface area (Å²) in [5, 5.41) is 0. The number of fused-ring (bicyclic) bond motifs is 1. The number of rotatable bonds is 1. The molecule has 0 aliphatic heterocycles. The summed E-state index contributed by atoms with van der Waals surface area (Å²) in [6, 6.07) is 3.24. The van der Waals surface area contributed by atoms with Crippen molar-refractivity contribution < 1.29 is 8.78 Å². The standard InChI is InChI=1S/C13H10F2N2O2/c14-7-3-6(4-8(15)5-7)9-1-2-10-11(9)16-13(19)17-12(10)18/h3-5,9H,1-2H2,(H2,16,17,18,19). The zero-order valence-electron chi connectivity index (χ0n) is 9.80. The van der Waals surface area contributed by atoms with Gasteiger partial charge in [0.05, 0.1) is 0 Å². The van der Waals surface area contributed by atoms with Crippen LogP contribution in [-0.4, -0.2) is 9.97 Å². The van der Waals surface area contributed by atoms with Gasteiger partial charge in [0.1, 0.15) is 11.6 Å². The first-order valence-corrected chi connectivity index (χ1v) is 5.86. The van der Waals surface area contributed by atoms with Crippen LogP contribution in [0.1, 0.15) is 29.2 Å². The SMILES string of the molecule is O=c1[nH]c2c(c(=O)[nH]1)CCC2c1cc(F)cc(F)c1. The minimum absolute atomic E-state index is 0.352. The smallest absolute Gasteiger partial charge is 0.310 e. The lowest BCUT2D eigenvalue weighted by Gasteiger charge is -2.11.